The zero-order chi connectivity index (χ0) is 21.5. The number of para-hydroxylation sites is 1. The summed E-state index contributed by atoms with van der Waals surface area (Å²) in [6, 6.07) is 16.5. The van der Waals surface area contributed by atoms with Gasteiger partial charge in [-0.2, -0.15) is 0 Å². The Kier molecular flexibility index (Phi) is 4.81. The molecule has 0 saturated heterocycles. The summed E-state index contributed by atoms with van der Waals surface area (Å²) in [5.41, 5.74) is 1.28. The van der Waals surface area contributed by atoms with Gasteiger partial charge in [-0.05, 0) is 48.5 Å². The van der Waals surface area contributed by atoms with Crippen molar-refractivity contribution in [3.8, 4) is 11.5 Å². The molecule has 2 heterocycles. The minimum absolute atomic E-state index is 0.00139. The molecule has 1 aliphatic rings. The largest absolute Gasteiger partial charge is 0.454 e. The maximum atomic E-state index is 13.3. The Bertz CT molecular complexity index is 1360. The van der Waals surface area contributed by atoms with Gasteiger partial charge in [0.05, 0.1) is 16.3 Å². The number of nitrogens with one attached hydrogen (secondary N) is 1. The number of carbonyl (C=O) groups excluding carboxylic acids is 2. The topological polar surface area (TPSA) is 77.8 Å². The van der Waals surface area contributed by atoms with E-state index in [0.717, 1.165) is 0 Å². The molecule has 0 spiro atoms. The fourth-order valence-electron chi connectivity index (χ4n) is 3.35. The molecule has 1 N–H and O–H groups in total. The molecule has 3 aromatic carbocycles. The molecule has 1 amide bonds. The number of rotatable bonds is 4. The molecule has 0 atom stereocenters. The van der Waals surface area contributed by atoms with Crippen LogP contribution in [0.25, 0.3) is 11.0 Å². The zero-order valence-corrected chi connectivity index (χ0v) is 17.3. The summed E-state index contributed by atoms with van der Waals surface area (Å²) in [5, 5.41) is 3.97. The van der Waals surface area contributed by atoms with Crippen molar-refractivity contribution in [1.82, 2.24) is 0 Å². The summed E-state index contributed by atoms with van der Waals surface area (Å²) >= 11 is 12.1. The van der Waals surface area contributed by atoms with Crippen molar-refractivity contribution < 1.29 is 23.5 Å². The molecular formula is C23H13Cl2NO5. The Labute approximate surface area is 186 Å². The van der Waals surface area contributed by atoms with Crippen molar-refractivity contribution in [2.75, 3.05) is 12.1 Å². The third kappa shape index (κ3) is 3.50. The Morgan fingerprint density at radius 2 is 1.71 bits per heavy atom. The van der Waals surface area contributed by atoms with Crippen LogP contribution in [0.3, 0.4) is 0 Å². The van der Waals surface area contributed by atoms with Crippen molar-refractivity contribution >= 4 is 51.5 Å². The van der Waals surface area contributed by atoms with Crippen molar-refractivity contribution in [3.05, 3.63) is 87.6 Å². The van der Waals surface area contributed by atoms with Crippen molar-refractivity contribution in [2.45, 2.75) is 0 Å². The van der Waals surface area contributed by atoms with Gasteiger partial charge >= 0.3 is 0 Å². The number of carbonyl (C=O) groups is 2. The standard InChI is InChI=1S/C23H13Cl2NO5/c24-13-6-7-14(16(25)10-13)23(28)26-20-15-3-1-2-4-17(15)31-22(20)21(27)12-5-8-18-19(9-12)30-11-29-18/h1-10H,11H2,(H,26,28). The maximum absolute atomic E-state index is 13.3. The summed E-state index contributed by atoms with van der Waals surface area (Å²) in [6.07, 6.45) is 0. The average molecular weight is 454 g/mol. The summed E-state index contributed by atoms with van der Waals surface area (Å²) in [7, 11) is 0. The third-order valence-electron chi connectivity index (χ3n) is 4.85. The highest BCUT2D eigenvalue weighted by Crippen LogP contribution is 2.36. The molecule has 1 aromatic heterocycles. The van der Waals surface area contributed by atoms with Gasteiger partial charge < -0.3 is 19.2 Å². The first-order valence-electron chi connectivity index (χ1n) is 9.23. The van der Waals surface area contributed by atoms with E-state index in [1.54, 1.807) is 48.5 Å². The average Bonchev–Trinajstić information content (AvgIpc) is 3.37. The molecule has 6 nitrogen and oxygen atoms in total. The Morgan fingerprint density at radius 1 is 0.903 bits per heavy atom. The van der Waals surface area contributed by atoms with Crippen LogP contribution in [-0.4, -0.2) is 18.5 Å². The molecule has 31 heavy (non-hydrogen) atoms. The molecule has 4 aromatic rings. The highest BCUT2D eigenvalue weighted by atomic mass is 35.5. The lowest BCUT2D eigenvalue weighted by atomic mass is 10.1. The van der Waals surface area contributed by atoms with Gasteiger partial charge in [0.1, 0.15) is 5.58 Å². The number of hydrogen-bond acceptors (Lipinski definition) is 5. The van der Waals surface area contributed by atoms with Gasteiger partial charge in [0.15, 0.2) is 17.3 Å². The van der Waals surface area contributed by atoms with E-state index in [1.807, 2.05) is 0 Å². The van der Waals surface area contributed by atoms with E-state index in [-0.39, 0.29) is 28.8 Å². The number of ketones is 1. The van der Waals surface area contributed by atoms with Crippen LogP contribution in [0.5, 0.6) is 11.5 Å². The number of benzene rings is 3. The van der Waals surface area contributed by atoms with Crippen LogP contribution in [0.1, 0.15) is 26.5 Å². The number of furan rings is 1. The summed E-state index contributed by atoms with van der Waals surface area (Å²) in [4.78, 5) is 26.2. The molecule has 0 fully saturated rings. The second-order valence-corrected chi connectivity index (χ2v) is 7.62. The smallest absolute Gasteiger partial charge is 0.257 e. The highest BCUT2D eigenvalue weighted by Gasteiger charge is 2.26. The number of halogens is 2. The van der Waals surface area contributed by atoms with Crippen LogP contribution in [0.2, 0.25) is 10.0 Å². The van der Waals surface area contributed by atoms with Crippen LogP contribution in [0.4, 0.5) is 5.69 Å². The first-order chi connectivity index (χ1) is 15.0. The second kappa shape index (κ2) is 7.65. The van der Waals surface area contributed by atoms with E-state index in [1.165, 1.54) is 12.1 Å². The molecule has 154 valence electrons. The maximum Gasteiger partial charge on any atom is 0.257 e. The molecule has 0 radical (unpaired) electrons. The van der Waals surface area contributed by atoms with Gasteiger partial charge in [0.25, 0.3) is 5.91 Å². The lowest BCUT2D eigenvalue weighted by molar-refractivity contribution is 0.101. The highest BCUT2D eigenvalue weighted by molar-refractivity contribution is 6.37. The van der Waals surface area contributed by atoms with Crippen LogP contribution in [0, 0.1) is 0 Å². The molecule has 0 unspecified atom stereocenters. The van der Waals surface area contributed by atoms with Gasteiger partial charge in [-0.15, -0.1) is 0 Å². The number of amides is 1. The number of hydrogen-bond donors (Lipinski definition) is 1. The van der Waals surface area contributed by atoms with Crippen LogP contribution in [-0.2, 0) is 0 Å². The molecule has 0 saturated carbocycles. The van der Waals surface area contributed by atoms with Gasteiger partial charge in [-0.3, -0.25) is 9.59 Å². The van der Waals surface area contributed by atoms with Crippen LogP contribution >= 0.6 is 23.2 Å². The van der Waals surface area contributed by atoms with Crippen molar-refractivity contribution in [1.29, 1.82) is 0 Å². The van der Waals surface area contributed by atoms with E-state index in [9.17, 15) is 9.59 Å². The third-order valence-corrected chi connectivity index (χ3v) is 5.40. The van der Waals surface area contributed by atoms with Crippen molar-refractivity contribution in [2.24, 2.45) is 0 Å². The Morgan fingerprint density at radius 3 is 2.55 bits per heavy atom. The predicted molar refractivity (Wildman–Crippen MR) is 117 cm³/mol. The number of fused-ring (bicyclic) bond motifs is 2. The fraction of sp³-hybridized carbons (Fsp3) is 0.0435. The first-order valence-corrected chi connectivity index (χ1v) is 9.99. The Hall–Kier alpha value is -3.48. The second-order valence-electron chi connectivity index (χ2n) is 6.78. The molecule has 0 aliphatic carbocycles. The monoisotopic (exact) mass is 453 g/mol. The molecule has 1 aliphatic heterocycles. The minimum atomic E-state index is -0.493. The summed E-state index contributed by atoms with van der Waals surface area (Å²) in [5.74, 6) is 0.131. The van der Waals surface area contributed by atoms with Crippen LogP contribution < -0.4 is 14.8 Å². The van der Waals surface area contributed by atoms with Gasteiger partial charge in [-0.1, -0.05) is 35.3 Å². The quantitative estimate of drug-likeness (QED) is 0.386. The fourth-order valence-corrected chi connectivity index (χ4v) is 3.85. The molecule has 0 bridgehead atoms. The van der Waals surface area contributed by atoms with Gasteiger partial charge in [-0.25, -0.2) is 0 Å². The predicted octanol–water partition coefficient (Wildman–Crippen LogP) is 5.95. The van der Waals surface area contributed by atoms with E-state index >= 15 is 0 Å². The lowest BCUT2D eigenvalue weighted by Gasteiger charge is -2.08. The van der Waals surface area contributed by atoms with Crippen LogP contribution in [0.15, 0.2) is 65.1 Å². The SMILES string of the molecule is O=C(Nc1c(C(=O)c2ccc3c(c2)OCO3)oc2ccccc12)c1ccc(Cl)cc1Cl. The minimum Gasteiger partial charge on any atom is -0.454 e. The normalized spacial score (nSPS) is 12.2. The Balaban J connectivity index is 1.57. The molecule has 8 heteroatoms. The van der Waals surface area contributed by atoms with E-state index < -0.39 is 11.7 Å². The van der Waals surface area contributed by atoms with E-state index in [0.29, 0.717) is 33.1 Å². The number of anilines is 1. The lowest BCUT2D eigenvalue weighted by Crippen LogP contribution is -2.14. The molecule has 5 rings (SSSR count). The van der Waals surface area contributed by atoms with Crippen molar-refractivity contribution in [3.63, 3.8) is 0 Å². The molecular weight excluding hydrogens is 441 g/mol. The zero-order valence-electron chi connectivity index (χ0n) is 15.8. The van der Waals surface area contributed by atoms with E-state index in [4.69, 9.17) is 37.1 Å². The van der Waals surface area contributed by atoms with Gasteiger partial charge in [0.2, 0.25) is 12.6 Å². The van der Waals surface area contributed by atoms with Gasteiger partial charge in [0, 0.05) is 16.0 Å². The first kappa shape index (κ1) is 19.5. The summed E-state index contributed by atoms with van der Waals surface area (Å²) < 4.78 is 16.5. The number of ether oxygens (including phenoxy) is 2. The summed E-state index contributed by atoms with van der Waals surface area (Å²) in [6.45, 7) is 0.0980. The van der Waals surface area contributed by atoms with E-state index in [2.05, 4.69) is 5.32 Å².